The largest absolute Gasteiger partial charge is 0.450 e. The molecule has 1 aromatic heterocycles. The van der Waals surface area contributed by atoms with Gasteiger partial charge in [0, 0.05) is 13.2 Å². The molecule has 3 aromatic rings. The zero-order chi connectivity index (χ0) is 18.4. The van der Waals surface area contributed by atoms with Crippen LogP contribution in [0.5, 0.6) is 0 Å². The highest BCUT2D eigenvalue weighted by Crippen LogP contribution is 2.38. The number of carbonyl (C=O) groups is 1. The first-order valence-corrected chi connectivity index (χ1v) is 9.27. The Bertz CT molecular complexity index is 1070. The Morgan fingerprint density at radius 1 is 1.00 bits per heavy atom. The van der Waals surface area contributed by atoms with E-state index < -0.39 is 6.04 Å². The first kappa shape index (κ1) is 16.3. The summed E-state index contributed by atoms with van der Waals surface area (Å²) in [7, 11) is 0. The summed E-state index contributed by atoms with van der Waals surface area (Å²) in [5.74, 6) is -0.0808. The fourth-order valence-electron chi connectivity index (χ4n) is 4.15. The number of hydrogen-bond donors (Lipinski definition) is 0. The highest BCUT2D eigenvalue weighted by Gasteiger charge is 2.43. The number of carbonyl (C=O) groups excluding carboxylic acids is 1. The lowest BCUT2D eigenvalue weighted by atomic mass is 9.98. The summed E-state index contributed by atoms with van der Waals surface area (Å²) in [4.78, 5) is 28.2. The van der Waals surface area contributed by atoms with Crippen LogP contribution >= 0.6 is 0 Å². The van der Waals surface area contributed by atoms with E-state index in [1.165, 1.54) is 0 Å². The van der Waals surface area contributed by atoms with E-state index in [1.54, 1.807) is 23.1 Å². The van der Waals surface area contributed by atoms with Crippen LogP contribution in [-0.4, -0.2) is 30.1 Å². The predicted octanol–water partition coefficient (Wildman–Crippen LogP) is 3.52. The average Bonchev–Trinajstić information content (AvgIpc) is 3.31. The van der Waals surface area contributed by atoms with E-state index in [0.717, 1.165) is 25.0 Å². The van der Waals surface area contributed by atoms with E-state index in [9.17, 15) is 9.59 Å². The molecule has 0 radical (unpaired) electrons. The molecule has 136 valence electrons. The second-order valence-electron chi connectivity index (χ2n) is 7.08. The second kappa shape index (κ2) is 6.35. The Morgan fingerprint density at radius 3 is 2.56 bits per heavy atom. The van der Waals surface area contributed by atoms with Crippen molar-refractivity contribution >= 4 is 16.9 Å². The van der Waals surface area contributed by atoms with Crippen molar-refractivity contribution in [2.24, 2.45) is 0 Å². The van der Waals surface area contributed by atoms with E-state index in [2.05, 4.69) is 0 Å². The van der Waals surface area contributed by atoms with Gasteiger partial charge in [0.1, 0.15) is 5.58 Å². The van der Waals surface area contributed by atoms with Crippen LogP contribution in [0.4, 0.5) is 0 Å². The minimum absolute atomic E-state index is 0.000933. The van der Waals surface area contributed by atoms with Crippen molar-refractivity contribution in [2.45, 2.75) is 25.0 Å². The number of amides is 1. The minimum Gasteiger partial charge on any atom is -0.450 e. The molecule has 1 amide bonds. The molecule has 5 heteroatoms. The summed E-state index contributed by atoms with van der Waals surface area (Å²) in [6, 6.07) is 16.3. The van der Waals surface area contributed by atoms with E-state index in [0.29, 0.717) is 23.1 Å². The lowest BCUT2D eigenvalue weighted by Crippen LogP contribution is -2.36. The van der Waals surface area contributed by atoms with Gasteiger partial charge in [-0.15, -0.1) is 0 Å². The number of para-hydroxylation sites is 1. The topological polar surface area (TPSA) is 59.8 Å². The monoisotopic (exact) mass is 361 g/mol. The van der Waals surface area contributed by atoms with Crippen LogP contribution in [0.15, 0.2) is 63.8 Å². The summed E-state index contributed by atoms with van der Waals surface area (Å²) < 4.78 is 11.7. The van der Waals surface area contributed by atoms with Crippen LogP contribution in [0, 0.1) is 0 Å². The molecular formula is C22H19NO4. The smallest absolute Gasteiger partial charge is 0.291 e. The highest BCUT2D eigenvalue weighted by molar-refractivity contribution is 5.99. The molecule has 2 aliphatic rings. The Morgan fingerprint density at radius 2 is 1.78 bits per heavy atom. The maximum Gasteiger partial charge on any atom is 0.291 e. The zero-order valence-corrected chi connectivity index (χ0v) is 14.8. The van der Waals surface area contributed by atoms with Crippen molar-refractivity contribution in [3.05, 3.63) is 81.7 Å². The quantitative estimate of drug-likeness (QED) is 0.716. The molecule has 1 saturated heterocycles. The third kappa shape index (κ3) is 2.58. The summed E-state index contributed by atoms with van der Waals surface area (Å²) in [5, 5.41) is 0.504. The van der Waals surface area contributed by atoms with E-state index in [1.807, 2.05) is 36.4 Å². The molecule has 5 rings (SSSR count). The van der Waals surface area contributed by atoms with E-state index >= 15 is 0 Å². The molecule has 0 saturated carbocycles. The van der Waals surface area contributed by atoms with Crippen LogP contribution < -0.4 is 5.43 Å². The van der Waals surface area contributed by atoms with Gasteiger partial charge in [-0.1, -0.05) is 42.5 Å². The standard InChI is InChI=1S/C22H19NO4/c24-20-16-10-4-5-11-17(16)27-21-18(20)19(14-7-2-1-3-8-14)23(22(21)25)13-15-9-6-12-26-15/h1-5,7-8,10-11,15,19H,6,9,12-13H2/t15-,19-/m1/s1. The van der Waals surface area contributed by atoms with Gasteiger partial charge in [-0.2, -0.15) is 0 Å². The fourth-order valence-corrected chi connectivity index (χ4v) is 4.15. The molecule has 27 heavy (non-hydrogen) atoms. The molecular weight excluding hydrogens is 342 g/mol. The van der Waals surface area contributed by atoms with Gasteiger partial charge in [0.2, 0.25) is 5.76 Å². The molecule has 2 aliphatic heterocycles. The van der Waals surface area contributed by atoms with Crippen molar-refractivity contribution in [1.29, 1.82) is 0 Å². The Kier molecular flexibility index (Phi) is 3.83. The van der Waals surface area contributed by atoms with Crippen molar-refractivity contribution in [2.75, 3.05) is 13.2 Å². The fraction of sp³-hybridized carbons (Fsp3) is 0.273. The summed E-state index contributed by atoms with van der Waals surface area (Å²) in [5.41, 5.74) is 1.65. The second-order valence-corrected chi connectivity index (χ2v) is 7.08. The van der Waals surface area contributed by atoms with Gasteiger partial charge >= 0.3 is 0 Å². The summed E-state index contributed by atoms with van der Waals surface area (Å²) in [6.45, 7) is 1.18. The number of rotatable bonds is 3. The molecule has 0 aliphatic carbocycles. The number of fused-ring (bicyclic) bond motifs is 2. The van der Waals surface area contributed by atoms with Gasteiger partial charge in [-0.3, -0.25) is 9.59 Å². The number of hydrogen-bond acceptors (Lipinski definition) is 4. The Labute approximate surface area is 156 Å². The molecule has 5 nitrogen and oxygen atoms in total. The first-order chi connectivity index (χ1) is 13.2. The number of benzene rings is 2. The van der Waals surface area contributed by atoms with Crippen LogP contribution in [-0.2, 0) is 4.74 Å². The maximum atomic E-state index is 13.3. The van der Waals surface area contributed by atoms with Crippen molar-refractivity contribution < 1.29 is 13.9 Å². The number of nitrogens with zero attached hydrogens (tertiary/aromatic N) is 1. The Balaban J connectivity index is 1.70. The van der Waals surface area contributed by atoms with Gasteiger partial charge in [-0.25, -0.2) is 0 Å². The number of ether oxygens (including phenoxy) is 1. The van der Waals surface area contributed by atoms with Gasteiger partial charge in [0.05, 0.1) is 23.1 Å². The molecule has 0 bridgehead atoms. The maximum absolute atomic E-state index is 13.3. The molecule has 0 N–H and O–H groups in total. The zero-order valence-electron chi connectivity index (χ0n) is 14.8. The highest BCUT2D eigenvalue weighted by atomic mass is 16.5. The van der Waals surface area contributed by atoms with Crippen LogP contribution in [0.1, 0.15) is 40.6 Å². The van der Waals surface area contributed by atoms with Crippen molar-refractivity contribution in [1.82, 2.24) is 4.90 Å². The lowest BCUT2D eigenvalue weighted by molar-refractivity contribution is 0.0486. The predicted molar refractivity (Wildman–Crippen MR) is 101 cm³/mol. The van der Waals surface area contributed by atoms with Crippen molar-refractivity contribution in [3.63, 3.8) is 0 Å². The van der Waals surface area contributed by atoms with Crippen molar-refractivity contribution in [3.8, 4) is 0 Å². The molecule has 3 heterocycles. The van der Waals surface area contributed by atoms with Crippen LogP contribution in [0.25, 0.3) is 11.0 Å². The van der Waals surface area contributed by atoms with Gasteiger partial charge in [-0.05, 0) is 30.5 Å². The molecule has 0 spiro atoms. The first-order valence-electron chi connectivity index (χ1n) is 9.27. The minimum atomic E-state index is -0.446. The molecule has 0 unspecified atom stereocenters. The SMILES string of the molecule is O=C1c2oc3ccccc3c(=O)c2[C@@H](c2ccccc2)N1C[C@H]1CCCO1. The molecule has 2 atom stereocenters. The average molecular weight is 361 g/mol. The van der Waals surface area contributed by atoms with E-state index in [4.69, 9.17) is 9.15 Å². The summed E-state index contributed by atoms with van der Waals surface area (Å²) >= 11 is 0. The molecule has 1 fully saturated rings. The lowest BCUT2D eigenvalue weighted by Gasteiger charge is -2.27. The van der Waals surface area contributed by atoms with Crippen LogP contribution in [0.3, 0.4) is 0 Å². The third-order valence-electron chi connectivity index (χ3n) is 5.41. The Hall–Kier alpha value is -2.92. The summed E-state index contributed by atoms with van der Waals surface area (Å²) in [6.07, 6.45) is 1.92. The normalized spacial score (nSPS) is 21.8. The van der Waals surface area contributed by atoms with E-state index in [-0.39, 0.29) is 23.2 Å². The van der Waals surface area contributed by atoms with Gasteiger partial charge in [0.25, 0.3) is 5.91 Å². The third-order valence-corrected chi connectivity index (χ3v) is 5.41. The molecule has 2 aromatic carbocycles. The van der Waals surface area contributed by atoms with Gasteiger partial charge in [0.15, 0.2) is 5.43 Å². The van der Waals surface area contributed by atoms with Gasteiger partial charge < -0.3 is 14.1 Å². The van der Waals surface area contributed by atoms with Crippen LogP contribution in [0.2, 0.25) is 0 Å².